The number of carbonyl (C=O) groups excluding carboxylic acids is 5. The number of benzene rings is 8. The zero-order valence-electron chi connectivity index (χ0n) is 64.0. The summed E-state index contributed by atoms with van der Waals surface area (Å²) in [7, 11) is -13.7. The van der Waals surface area contributed by atoms with Crippen molar-refractivity contribution >= 4 is 214 Å². The maximum Gasteiger partial charge on any atom is 0.338 e. The summed E-state index contributed by atoms with van der Waals surface area (Å²) in [5.41, 5.74) is 4.86. The van der Waals surface area contributed by atoms with Crippen LogP contribution in [0.1, 0.15) is 49.3 Å². The molecule has 0 bridgehead atoms. The quantitative estimate of drug-likeness (QED) is 0.0246. The lowest BCUT2D eigenvalue weighted by Crippen LogP contribution is -2.23. The van der Waals surface area contributed by atoms with Crippen molar-refractivity contribution in [2.45, 2.75) is 65.0 Å². The molecule has 0 fully saturated rings. The van der Waals surface area contributed by atoms with E-state index in [-0.39, 0.29) is 71.0 Å². The van der Waals surface area contributed by atoms with E-state index in [1.54, 1.807) is 141 Å². The van der Waals surface area contributed by atoms with Gasteiger partial charge in [0.15, 0.2) is 20.5 Å². The summed E-state index contributed by atoms with van der Waals surface area (Å²) in [4.78, 5) is 78.4. The smallest absolute Gasteiger partial charge is 0.338 e. The van der Waals surface area contributed by atoms with Crippen LogP contribution in [0, 0.1) is 11.6 Å². The van der Waals surface area contributed by atoms with Crippen LogP contribution in [0.3, 0.4) is 0 Å². The van der Waals surface area contributed by atoms with Gasteiger partial charge in [-0.2, -0.15) is 0 Å². The third-order valence-electron chi connectivity index (χ3n) is 18.3. The first kappa shape index (κ1) is 86.8. The number of anilines is 8. The van der Waals surface area contributed by atoms with Crippen molar-refractivity contribution in [2.75, 3.05) is 47.3 Å². The van der Waals surface area contributed by atoms with Crippen LogP contribution < -0.4 is 40.2 Å². The van der Waals surface area contributed by atoms with E-state index in [0.717, 1.165) is 21.9 Å². The topological polar surface area (TPSA) is 399 Å². The van der Waals surface area contributed by atoms with E-state index in [1.165, 1.54) is 180 Å². The number of sulfonamides is 4. The number of carbonyl (C=O) groups is 5. The van der Waals surface area contributed by atoms with Crippen molar-refractivity contribution in [3.63, 3.8) is 0 Å². The first-order chi connectivity index (χ1) is 58.4. The molecule has 0 saturated heterocycles. The molecule has 8 aromatic heterocycles. The Bertz CT molecular complexity index is 6740. The van der Waals surface area contributed by atoms with Gasteiger partial charge in [-0.25, -0.2) is 67.2 Å². The molecule has 30 nitrogen and oxygen atoms in total. The molecule has 3 atom stereocenters. The number of fused-ring (bicyclic) bond motifs is 4. The highest BCUT2D eigenvalue weighted by atomic mass is 35.5. The highest BCUT2D eigenvalue weighted by Crippen LogP contribution is 2.32. The number of amides is 4. The van der Waals surface area contributed by atoms with Gasteiger partial charge in [0.25, 0.3) is 40.1 Å². The monoisotopic (exact) mass is 1820 g/mol. The van der Waals surface area contributed by atoms with Crippen molar-refractivity contribution < 1.29 is 71.2 Å². The minimum atomic E-state index is -3.77. The number of hydrogen-bond acceptors (Lipinski definition) is 22. The van der Waals surface area contributed by atoms with E-state index in [1.807, 2.05) is 35.0 Å². The Balaban J connectivity index is 0.000000140. The Morgan fingerprint density at radius 3 is 1.21 bits per heavy atom. The average Bonchev–Trinajstić information content (AvgIpc) is 1.64. The summed E-state index contributed by atoms with van der Waals surface area (Å²) in [6.45, 7) is 5.18. The molecule has 0 radical (unpaired) electrons. The minimum absolute atomic E-state index is 0.0137. The minimum Gasteiger partial charge on any atom is -0.465 e. The number of nitrogens with zero attached hydrogens (tertiary/aromatic N) is 8. The molecule has 0 spiro atoms. The standard InChI is InChI=1S/C21H18N4O5S2.C20H17ClN4O3S2.2C20H17FN4O3S2/c1-30-20(27)17-3-2-4-18-16(17)9-11-25(18)13-19(26)23-14-5-7-15(8-6-14)32(28,29)24-21-22-10-12-31-21;1-13(25-11-9-14-3-2-4-17(21)18(14)25)19(26)23-15-5-7-16(8-6-15)30(27,28)24-20-22-10-12-29-20;1-13(25-10-8-14-12-15(21)2-7-18(14)25)19(26)23-16-3-5-17(6-4-16)30(27,28)24-20-22-9-11-29-20;1-13(25-11-9-14-3-2-4-17(21)18(14)25)19(26)23-15-5-7-16(8-6-15)30(27,28)24-20-22-10-12-29-20/h2-12H,13H2,1H3,(H,22,24)(H,23,26);3*2-13H,1H3,(H,22,24)(H,23,26). The molecular formula is C81H69ClF2N16O14S8. The number of aromatic nitrogens is 8. The van der Waals surface area contributed by atoms with Crippen LogP contribution in [-0.2, 0) is 70.6 Å². The molecule has 122 heavy (non-hydrogen) atoms. The number of esters is 1. The molecule has 8 heterocycles. The van der Waals surface area contributed by atoms with Crippen molar-refractivity contribution in [1.82, 2.24) is 38.2 Å². The number of ether oxygens (including phenoxy) is 1. The number of thiazole rings is 4. The summed E-state index contributed by atoms with van der Waals surface area (Å²) in [6.07, 6.45) is 13.0. The summed E-state index contributed by atoms with van der Waals surface area (Å²) in [6, 6.07) is 48.7. The molecule has 41 heteroatoms. The molecule has 3 unspecified atom stereocenters. The van der Waals surface area contributed by atoms with Crippen LogP contribution in [0.4, 0.5) is 52.1 Å². The first-order valence-electron chi connectivity index (χ1n) is 36.1. The number of hydrogen-bond donors (Lipinski definition) is 8. The van der Waals surface area contributed by atoms with E-state index in [0.29, 0.717) is 60.1 Å². The van der Waals surface area contributed by atoms with Crippen LogP contribution >= 0.6 is 56.9 Å². The van der Waals surface area contributed by atoms with Crippen molar-refractivity contribution in [3.8, 4) is 0 Å². The van der Waals surface area contributed by atoms with Crippen LogP contribution in [0.25, 0.3) is 43.6 Å². The molecular weight excluding hydrogens is 1750 g/mol. The SMILES string of the molecule is CC(C(=O)Nc1ccc(S(=O)(=O)Nc2nccs2)cc1)n1ccc2cc(F)ccc21.CC(C(=O)Nc1ccc(S(=O)(=O)Nc2nccs2)cc1)n1ccc2cccc(Cl)c21.CC(C(=O)Nc1ccc(S(=O)(=O)Nc2nccs2)cc1)n1ccc2cccc(F)c21.COC(=O)c1cccc2c1ccn2CC(=O)Nc1ccc(S(=O)(=O)Nc2nccs2)cc1. The lowest BCUT2D eigenvalue weighted by Gasteiger charge is -2.16. The van der Waals surface area contributed by atoms with Gasteiger partial charge in [-0.15, -0.1) is 45.3 Å². The first-order valence-corrected chi connectivity index (χ1v) is 46.0. The van der Waals surface area contributed by atoms with Gasteiger partial charge in [-0.3, -0.25) is 38.1 Å². The van der Waals surface area contributed by atoms with Gasteiger partial charge in [0.1, 0.15) is 36.3 Å². The lowest BCUT2D eigenvalue weighted by atomic mass is 10.1. The second-order valence-electron chi connectivity index (χ2n) is 26.3. The molecule has 16 aromatic rings. The highest BCUT2D eigenvalue weighted by molar-refractivity contribution is 7.93. The fourth-order valence-corrected chi connectivity index (χ4v) is 19.7. The van der Waals surface area contributed by atoms with Crippen LogP contribution in [0.2, 0.25) is 5.02 Å². The predicted molar refractivity (Wildman–Crippen MR) is 470 cm³/mol. The second-order valence-corrected chi connectivity index (χ2v) is 37.0. The Morgan fingerprint density at radius 1 is 0.418 bits per heavy atom. The highest BCUT2D eigenvalue weighted by Gasteiger charge is 2.26. The lowest BCUT2D eigenvalue weighted by molar-refractivity contribution is -0.119. The maximum atomic E-state index is 14.2. The molecule has 0 aliphatic heterocycles. The Morgan fingerprint density at radius 2 is 0.795 bits per heavy atom. The summed E-state index contributed by atoms with van der Waals surface area (Å²) < 4.78 is 148. The van der Waals surface area contributed by atoms with Gasteiger partial charge in [0.05, 0.1) is 48.3 Å². The second kappa shape index (κ2) is 37.7. The van der Waals surface area contributed by atoms with Gasteiger partial charge in [-0.05, 0) is 185 Å². The van der Waals surface area contributed by atoms with Crippen LogP contribution in [-0.4, -0.2) is 109 Å². The molecule has 8 aromatic carbocycles. The zero-order chi connectivity index (χ0) is 86.6. The van der Waals surface area contributed by atoms with E-state index in [2.05, 4.69) is 60.1 Å². The number of methoxy groups -OCH3 is 1. The number of para-hydroxylation sites is 2. The van der Waals surface area contributed by atoms with Gasteiger partial charge in [0.2, 0.25) is 23.6 Å². The van der Waals surface area contributed by atoms with Gasteiger partial charge < -0.3 is 44.3 Å². The fourth-order valence-electron chi connectivity index (χ4n) is 12.3. The van der Waals surface area contributed by atoms with E-state index in [4.69, 9.17) is 16.3 Å². The molecule has 0 aliphatic rings. The van der Waals surface area contributed by atoms with E-state index < -0.39 is 70.0 Å². The zero-order valence-corrected chi connectivity index (χ0v) is 71.3. The van der Waals surface area contributed by atoms with Crippen molar-refractivity contribution in [2.24, 2.45) is 0 Å². The fraction of sp³-hybridized carbons (Fsp3) is 0.0988. The largest absolute Gasteiger partial charge is 0.465 e. The van der Waals surface area contributed by atoms with Crippen molar-refractivity contribution in [3.05, 3.63) is 287 Å². The molecule has 0 aliphatic carbocycles. The average molecular weight is 1820 g/mol. The molecule has 0 saturated carbocycles. The Hall–Kier alpha value is -13.1. The van der Waals surface area contributed by atoms with E-state index >= 15 is 0 Å². The summed E-state index contributed by atoms with van der Waals surface area (Å²) in [5.74, 6) is -2.37. The van der Waals surface area contributed by atoms with Crippen LogP contribution in [0.5, 0.6) is 0 Å². The Kier molecular flexibility index (Phi) is 26.8. The molecule has 4 amide bonds. The molecule has 16 rings (SSSR count). The predicted octanol–water partition coefficient (Wildman–Crippen LogP) is 16.6. The summed E-state index contributed by atoms with van der Waals surface area (Å²) >= 11 is 11.0. The number of rotatable bonds is 25. The normalized spacial score (nSPS) is 12.3. The maximum absolute atomic E-state index is 14.2. The third kappa shape index (κ3) is 20.8. The van der Waals surface area contributed by atoms with E-state index in [9.17, 15) is 66.4 Å². The van der Waals surface area contributed by atoms with Crippen LogP contribution in [0.15, 0.2) is 285 Å². The summed E-state index contributed by atoms with van der Waals surface area (Å²) in [5, 5.41) is 22.5. The van der Waals surface area contributed by atoms with Gasteiger partial charge in [0, 0.05) is 126 Å². The molecule has 8 N–H and O–H groups in total. The number of halogens is 3. The molecule has 626 valence electrons. The third-order valence-corrected chi connectivity index (χ3v) is 27.3. The van der Waals surface area contributed by atoms with Crippen molar-refractivity contribution in [1.29, 1.82) is 0 Å². The number of nitrogens with one attached hydrogen (secondary N) is 8. The Labute approximate surface area is 717 Å². The van der Waals surface area contributed by atoms with Gasteiger partial charge in [-0.1, -0.05) is 41.9 Å². The van der Waals surface area contributed by atoms with Gasteiger partial charge >= 0.3 is 5.97 Å².